The monoisotopic (exact) mass is 253 g/mol. The molecule has 0 radical (unpaired) electrons. The minimum Gasteiger partial charge on any atom is -0.618 e. The first-order chi connectivity index (χ1) is 8.39. The molecule has 2 nitrogen and oxygen atoms in total. The second-order valence-corrected chi connectivity index (χ2v) is 3.93. The van der Waals surface area contributed by atoms with Crippen LogP contribution in [0.3, 0.4) is 0 Å². The van der Waals surface area contributed by atoms with Crippen molar-refractivity contribution >= 4 is 0 Å². The summed E-state index contributed by atoms with van der Waals surface area (Å²) in [5, 5.41) is 11.8. The highest BCUT2D eigenvalue weighted by Crippen LogP contribution is 2.31. The van der Waals surface area contributed by atoms with E-state index in [0.29, 0.717) is 10.3 Å². The highest BCUT2D eigenvalue weighted by atomic mass is 19.4. The Labute approximate surface area is 102 Å². The van der Waals surface area contributed by atoms with Gasteiger partial charge in [0.1, 0.15) is 0 Å². The van der Waals surface area contributed by atoms with Gasteiger partial charge in [-0.05, 0) is 12.1 Å². The molecular formula is C13H10F3NO. The van der Waals surface area contributed by atoms with Gasteiger partial charge in [0.2, 0.25) is 5.69 Å². The van der Waals surface area contributed by atoms with Gasteiger partial charge >= 0.3 is 6.18 Å². The van der Waals surface area contributed by atoms with Crippen LogP contribution >= 0.6 is 0 Å². The molecule has 18 heavy (non-hydrogen) atoms. The molecule has 1 heterocycles. The maximum Gasteiger partial charge on any atom is 0.416 e. The molecule has 2 aromatic rings. The first-order valence-electron chi connectivity index (χ1n) is 5.26. The topological polar surface area (TPSA) is 26.9 Å². The highest BCUT2D eigenvalue weighted by molar-refractivity contribution is 5.57. The summed E-state index contributed by atoms with van der Waals surface area (Å²) in [6.07, 6.45) is -4.46. The van der Waals surface area contributed by atoms with Gasteiger partial charge in [-0.1, -0.05) is 18.2 Å². The maximum atomic E-state index is 12.7. The van der Waals surface area contributed by atoms with Crippen LogP contribution in [0.2, 0.25) is 0 Å². The lowest BCUT2D eigenvalue weighted by molar-refractivity contribution is -0.600. The van der Waals surface area contributed by atoms with Crippen molar-refractivity contribution in [1.29, 1.82) is 0 Å². The van der Waals surface area contributed by atoms with Crippen molar-refractivity contribution in [2.24, 2.45) is 0 Å². The van der Waals surface area contributed by atoms with E-state index in [1.54, 1.807) is 30.3 Å². The molecule has 0 bridgehead atoms. The summed E-state index contributed by atoms with van der Waals surface area (Å²) in [5.74, 6) is 0. The van der Waals surface area contributed by atoms with E-state index in [0.717, 1.165) is 12.1 Å². The van der Waals surface area contributed by atoms with Crippen LogP contribution in [0, 0.1) is 12.1 Å². The Bertz CT molecular complexity index is 564. The fourth-order valence-corrected chi connectivity index (χ4v) is 1.69. The second kappa shape index (κ2) is 4.33. The van der Waals surface area contributed by atoms with Crippen LogP contribution in [-0.4, -0.2) is 0 Å². The number of hydrogen-bond donors (Lipinski definition) is 0. The minimum absolute atomic E-state index is 0.00271. The zero-order valence-corrected chi connectivity index (χ0v) is 9.53. The van der Waals surface area contributed by atoms with Crippen LogP contribution in [-0.2, 0) is 6.18 Å². The van der Waals surface area contributed by atoms with E-state index >= 15 is 0 Å². The third-order valence-electron chi connectivity index (χ3n) is 2.59. The van der Waals surface area contributed by atoms with Gasteiger partial charge in [0.25, 0.3) is 0 Å². The molecule has 0 spiro atoms. The molecule has 0 aliphatic heterocycles. The second-order valence-electron chi connectivity index (χ2n) is 3.93. The predicted octanol–water partition coefficient (Wildman–Crippen LogP) is 3.31. The number of nitrogens with zero attached hydrogens (tertiary/aromatic N) is 1. The van der Waals surface area contributed by atoms with Gasteiger partial charge in [0.15, 0.2) is 5.69 Å². The Hall–Kier alpha value is -2.04. The van der Waals surface area contributed by atoms with Gasteiger partial charge in [-0.15, -0.1) is 0 Å². The van der Waals surface area contributed by atoms with Crippen molar-refractivity contribution < 1.29 is 17.9 Å². The van der Waals surface area contributed by atoms with Crippen molar-refractivity contribution in [3.63, 3.8) is 0 Å². The number of halogens is 3. The van der Waals surface area contributed by atoms with E-state index in [9.17, 15) is 18.4 Å². The molecule has 1 aromatic carbocycles. The largest absolute Gasteiger partial charge is 0.618 e. The van der Waals surface area contributed by atoms with Crippen molar-refractivity contribution in [3.05, 3.63) is 58.9 Å². The fourth-order valence-electron chi connectivity index (χ4n) is 1.69. The van der Waals surface area contributed by atoms with Crippen LogP contribution in [0.15, 0.2) is 42.5 Å². The molecule has 0 saturated heterocycles. The van der Waals surface area contributed by atoms with Gasteiger partial charge in [0, 0.05) is 24.6 Å². The summed E-state index contributed by atoms with van der Waals surface area (Å²) in [7, 11) is 0. The fraction of sp³-hybridized carbons (Fsp3) is 0.154. The Balaban J connectivity index is 2.64. The zero-order chi connectivity index (χ0) is 13.3. The van der Waals surface area contributed by atoms with Crippen LogP contribution in [0.4, 0.5) is 13.2 Å². The molecule has 0 N–H and O–H groups in total. The number of aryl methyl sites for hydroxylation is 1. The molecule has 5 heteroatoms. The van der Waals surface area contributed by atoms with Crippen LogP contribution < -0.4 is 4.73 Å². The Kier molecular flexibility index (Phi) is 2.98. The normalized spacial score (nSPS) is 11.6. The van der Waals surface area contributed by atoms with Crippen molar-refractivity contribution in [2.45, 2.75) is 13.1 Å². The Morgan fingerprint density at radius 2 is 1.67 bits per heavy atom. The third kappa shape index (κ3) is 2.30. The summed E-state index contributed by atoms with van der Waals surface area (Å²) >= 11 is 0. The first kappa shape index (κ1) is 12.4. The Morgan fingerprint density at radius 3 is 2.22 bits per heavy atom. The number of aromatic nitrogens is 1. The van der Waals surface area contributed by atoms with Gasteiger partial charge in [-0.25, -0.2) is 0 Å². The lowest BCUT2D eigenvalue weighted by Crippen LogP contribution is -2.33. The number of benzene rings is 1. The molecule has 0 aliphatic rings. The lowest BCUT2D eigenvalue weighted by atomic mass is 10.1. The molecule has 0 aliphatic carbocycles. The van der Waals surface area contributed by atoms with Crippen molar-refractivity contribution in [3.8, 4) is 11.3 Å². The molecule has 1 aromatic heterocycles. The average molecular weight is 253 g/mol. The highest BCUT2D eigenvalue weighted by Gasteiger charge is 2.33. The molecule has 0 amide bonds. The molecule has 0 saturated carbocycles. The number of pyridine rings is 1. The van der Waals surface area contributed by atoms with Gasteiger partial charge in [-0.2, -0.15) is 17.9 Å². The summed E-state index contributed by atoms with van der Waals surface area (Å²) in [4.78, 5) is 0. The van der Waals surface area contributed by atoms with Crippen LogP contribution in [0.25, 0.3) is 11.3 Å². The smallest absolute Gasteiger partial charge is 0.416 e. The Morgan fingerprint density at radius 1 is 1.06 bits per heavy atom. The quantitative estimate of drug-likeness (QED) is 0.565. The average Bonchev–Trinajstić information content (AvgIpc) is 2.32. The molecule has 2 rings (SSSR count). The third-order valence-corrected chi connectivity index (χ3v) is 2.59. The summed E-state index contributed by atoms with van der Waals surface area (Å²) < 4.78 is 38.6. The van der Waals surface area contributed by atoms with Crippen LogP contribution in [0.1, 0.15) is 11.3 Å². The molecule has 0 fully saturated rings. The molecule has 94 valence electrons. The van der Waals surface area contributed by atoms with Crippen LogP contribution in [0.5, 0.6) is 0 Å². The summed E-state index contributed by atoms with van der Waals surface area (Å²) in [6, 6.07) is 10.00. The number of hydrogen-bond acceptors (Lipinski definition) is 1. The zero-order valence-electron chi connectivity index (χ0n) is 9.53. The van der Waals surface area contributed by atoms with Gasteiger partial charge in [-0.3, -0.25) is 0 Å². The van der Waals surface area contributed by atoms with E-state index in [-0.39, 0.29) is 11.4 Å². The van der Waals surface area contributed by atoms with E-state index in [4.69, 9.17) is 0 Å². The SMILES string of the molecule is Cc1cc(C(F)(F)F)cc(-c2ccccc2)[n+]1[O-]. The molecule has 0 unspecified atom stereocenters. The number of rotatable bonds is 1. The van der Waals surface area contributed by atoms with E-state index < -0.39 is 11.7 Å². The van der Waals surface area contributed by atoms with Crippen molar-refractivity contribution in [1.82, 2.24) is 0 Å². The standard InChI is InChI=1S/C13H10F3NO/c1-9-7-11(13(14,15)16)8-12(17(9)18)10-5-3-2-4-6-10/h2-8H,1H3. The molecular weight excluding hydrogens is 243 g/mol. The van der Waals surface area contributed by atoms with E-state index in [1.165, 1.54) is 6.92 Å². The lowest BCUT2D eigenvalue weighted by Gasteiger charge is -2.12. The van der Waals surface area contributed by atoms with Crippen molar-refractivity contribution in [2.75, 3.05) is 0 Å². The molecule has 0 atom stereocenters. The predicted molar refractivity (Wildman–Crippen MR) is 60.6 cm³/mol. The summed E-state index contributed by atoms with van der Waals surface area (Å²) in [6.45, 7) is 1.36. The van der Waals surface area contributed by atoms with E-state index in [2.05, 4.69) is 0 Å². The first-order valence-corrected chi connectivity index (χ1v) is 5.26. The van der Waals surface area contributed by atoms with Gasteiger partial charge in [0.05, 0.1) is 5.56 Å². The number of alkyl halides is 3. The van der Waals surface area contributed by atoms with E-state index in [1.807, 2.05) is 0 Å². The minimum atomic E-state index is -4.46. The van der Waals surface area contributed by atoms with Gasteiger partial charge < -0.3 is 5.21 Å². The summed E-state index contributed by atoms with van der Waals surface area (Å²) in [5.41, 5.74) is -0.334. The maximum absolute atomic E-state index is 12.7.